The molecule has 1 atom stereocenters. The summed E-state index contributed by atoms with van der Waals surface area (Å²) in [5.41, 5.74) is 1.42. The van der Waals surface area contributed by atoms with Crippen molar-refractivity contribution in [2.24, 2.45) is 0 Å². The number of hydrogen-bond acceptors (Lipinski definition) is 4. The molecule has 1 N–H and O–H groups in total. The minimum Gasteiger partial charge on any atom is -0.487 e. The fourth-order valence-electron chi connectivity index (χ4n) is 3.42. The van der Waals surface area contributed by atoms with Crippen LogP contribution in [0.3, 0.4) is 0 Å². The highest BCUT2D eigenvalue weighted by Gasteiger charge is 2.29. The average molecular weight is 421 g/mol. The first-order valence-electron chi connectivity index (χ1n) is 9.01. The van der Waals surface area contributed by atoms with E-state index >= 15 is 0 Å². The second-order valence-electron chi connectivity index (χ2n) is 6.69. The molecule has 2 heterocycles. The molecule has 1 aliphatic heterocycles. The molecule has 1 aliphatic rings. The second kappa shape index (κ2) is 8.86. The summed E-state index contributed by atoms with van der Waals surface area (Å²) < 4.78 is 11.8. The summed E-state index contributed by atoms with van der Waals surface area (Å²) in [5, 5.41) is 4.70. The number of nitrogens with one attached hydrogen (secondary N) is 1. The number of rotatable bonds is 5. The number of hydrogen-bond donors (Lipinski definition) is 1. The van der Waals surface area contributed by atoms with E-state index in [1.54, 1.807) is 11.0 Å². The van der Waals surface area contributed by atoms with Crippen LogP contribution in [0.25, 0.3) is 11.0 Å². The van der Waals surface area contributed by atoms with Crippen LogP contribution in [0.2, 0.25) is 5.02 Å². The molecule has 0 radical (unpaired) electrons. The number of amides is 1. The molecule has 1 saturated heterocycles. The van der Waals surface area contributed by atoms with Gasteiger partial charge in [-0.25, -0.2) is 0 Å². The minimum atomic E-state index is -0.127. The highest BCUT2D eigenvalue weighted by molar-refractivity contribution is 6.32. The number of nitrogens with zero attached hydrogens (tertiary/aromatic N) is 1. The smallest absolute Gasteiger partial charge is 0.290 e. The standard InChI is InChI=1S/C21H21ClN2O3.ClH/c1-24(14-10-11-23-12-14)21(25)20-16(15-6-2-4-8-18(15)27-20)13-26-19-9-5-3-7-17(19)22;/h2-9,14,23H,10-13H2,1H3;1H. The van der Waals surface area contributed by atoms with Crippen molar-refractivity contribution in [2.75, 3.05) is 20.1 Å². The van der Waals surface area contributed by atoms with E-state index in [-0.39, 0.29) is 31.0 Å². The minimum absolute atomic E-state index is 0. The number of benzene rings is 2. The van der Waals surface area contributed by atoms with Crippen LogP contribution in [0.1, 0.15) is 22.5 Å². The van der Waals surface area contributed by atoms with Gasteiger partial charge < -0.3 is 19.4 Å². The molecule has 4 rings (SSSR count). The number of furan rings is 1. The zero-order chi connectivity index (χ0) is 18.8. The molecule has 0 saturated carbocycles. The van der Waals surface area contributed by atoms with Gasteiger partial charge >= 0.3 is 0 Å². The molecule has 0 spiro atoms. The highest BCUT2D eigenvalue weighted by atomic mass is 35.5. The third-order valence-corrected chi connectivity index (χ3v) is 5.32. The van der Waals surface area contributed by atoms with Crippen molar-refractivity contribution < 1.29 is 13.9 Å². The number of likely N-dealkylation sites (N-methyl/N-ethyl adjacent to an activating group) is 1. The molecule has 148 valence electrons. The Morgan fingerprint density at radius 1 is 1.25 bits per heavy atom. The summed E-state index contributed by atoms with van der Waals surface area (Å²) in [6.45, 7) is 1.93. The van der Waals surface area contributed by atoms with Gasteiger partial charge in [0.2, 0.25) is 0 Å². The van der Waals surface area contributed by atoms with Crippen LogP contribution in [0, 0.1) is 0 Å². The van der Waals surface area contributed by atoms with Gasteiger partial charge in [-0.2, -0.15) is 0 Å². The SMILES string of the molecule is CN(C(=O)c1oc2ccccc2c1COc1ccccc1Cl)C1CCNC1.Cl. The molecule has 1 aromatic heterocycles. The van der Waals surface area contributed by atoms with Crippen LogP contribution in [-0.4, -0.2) is 37.0 Å². The van der Waals surface area contributed by atoms with E-state index in [0.29, 0.717) is 22.1 Å². The molecular formula is C21H22Cl2N2O3. The van der Waals surface area contributed by atoms with Gasteiger partial charge in [-0.05, 0) is 31.2 Å². The maximum atomic E-state index is 13.1. The first-order chi connectivity index (χ1) is 13.1. The maximum Gasteiger partial charge on any atom is 0.290 e. The van der Waals surface area contributed by atoms with Crippen molar-refractivity contribution in [3.05, 3.63) is 64.9 Å². The number of carbonyl (C=O) groups is 1. The molecule has 28 heavy (non-hydrogen) atoms. The maximum absolute atomic E-state index is 13.1. The predicted octanol–water partition coefficient (Wildman–Crippen LogP) is 4.52. The van der Waals surface area contributed by atoms with Crippen LogP contribution in [-0.2, 0) is 6.61 Å². The lowest BCUT2D eigenvalue weighted by Crippen LogP contribution is -2.38. The Morgan fingerprint density at radius 3 is 2.75 bits per heavy atom. The average Bonchev–Trinajstić information content (AvgIpc) is 3.34. The molecule has 5 nitrogen and oxygen atoms in total. The number of fused-ring (bicyclic) bond motifs is 1. The van der Waals surface area contributed by atoms with Crippen molar-refractivity contribution in [3.63, 3.8) is 0 Å². The summed E-state index contributed by atoms with van der Waals surface area (Å²) in [5.74, 6) is 0.784. The number of ether oxygens (including phenoxy) is 1. The van der Waals surface area contributed by atoms with Gasteiger partial charge in [-0.1, -0.05) is 41.9 Å². The fourth-order valence-corrected chi connectivity index (χ4v) is 3.61. The normalized spacial score (nSPS) is 16.0. The van der Waals surface area contributed by atoms with E-state index in [2.05, 4.69) is 5.32 Å². The zero-order valence-corrected chi connectivity index (χ0v) is 17.1. The molecule has 1 amide bonds. The van der Waals surface area contributed by atoms with E-state index < -0.39 is 0 Å². The van der Waals surface area contributed by atoms with Gasteiger partial charge in [0.15, 0.2) is 5.76 Å². The Labute approximate surface area is 175 Å². The van der Waals surface area contributed by atoms with Crippen molar-refractivity contribution in [1.82, 2.24) is 10.2 Å². The molecule has 0 aliphatic carbocycles. The third-order valence-electron chi connectivity index (χ3n) is 5.00. The lowest BCUT2D eigenvalue weighted by atomic mass is 10.1. The van der Waals surface area contributed by atoms with Gasteiger partial charge in [-0.3, -0.25) is 4.79 Å². The Kier molecular flexibility index (Phi) is 6.50. The number of para-hydroxylation sites is 2. The number of carbonyl (C=O) groups excluding carboxylic acids is 1. The molecule has 1 fully saturated rings. The fraction of sp³-hybridized carbons (Fsp3) is 0.286. The predicted molar refractivity (Wildman–Crippen MR) is 113 cm³/mol. The summed E-state index contributed by atoms with van der Waals surface area (Å²) in [6.07, 6.45) is 0.938. The Balaban J connectivity index is 0.00000225. The van der Waals surface area contributed by atoms with Gasteiger partial charge in [0.1, 0.15) is 17.9 Å². The third kappa shape index (κ3) is 3.97. The van der Waals surface area contributed by atoms with Crippen molar-refractivity contribution in [3.8, 4) is 5.75 Å². The first kappa shape index (κ1) is 20.5. The van der Waals surface area contributed by atoms with E-state index in [1.165, 1.54) is 0 Å². The molecule has 1 unspecified atom stereocenters. The van der Waals surface area contributed by atoms with E-state index in [1.807, 2.05) is 49.5 Å². The first-order valence-corrected chi connectivity index (χ1v) is 9.38. The monoisotopic (exact) mass is 420 g/mol. The molecule has 0 bridgehead atoms. The van der Waals surface area contributed by atoms with Gasteiger partial charge in [0.05, 0.1) is 5.02 Å². The number of halogens is 2. The lowest BCUT2D eigenvalue weighted by molar-refractivity contribution is 0.0710. The zero-order valence-electron chi connectivity index (χ0n) is 15.5. The molecule has 3 aromatic rings. The van der Waals surface area contributed by atoms with E-state index in [4.69, 9.17) is 20.8 Å². The highest BCUT2D eigenvalue weighted by Crippen LogP contribution is 2.30. The summed E-state index contributed by atoms with van der Waals surface area (Å²) in [4.78, 5) is 14.9. The summed E-state index contributed by atoms with van der Waals surface area (Å²) in [6, 6.07) is 15.1. The van der Waals surface area contributed by atoms with E-state index in [0.717, 1.165) is 30.5 Å². The van der Waals surface area contributed by atoms with Gasteiger partial charge in [-0.15, -0.1) is 12.4 Å². The van der Waals surface area contributed by atoms with Crippen LogP contribution < -0.4 is 10.1 Å². The molecule has 7 heteroatoms. The van der Waals surface area contributed by atoms with E-state index in [9.17, 15) is 4.79 Å². The van der Waals surface area contributed by atoms with Crippen molar-refractivity contribution in [1.29, 1.82) is 0 Å². The Bertz CT molecular complexity index is 967. The van der Waals surface area contributed by atoms with Gasteiger partial charge in [0.25, 0.3) is 5.91 Å². The Hall–Kier alpha value is -2.21. The quantitative estimate of drug-likeness (QED) is 0.658. The van der Waals surface area contributed by atoms with Crippen LogP contribution >= 0.6 is 24.0 Å². The molecular weight excluding hydrogens is 399 g/mol. The van der Waals surface area contributed by atoms with Crippen LogP contribution in [0.5, 0.6) is 5.75 Å². The van der Waals surface area contributed by atoms with Crippen LogP contribution in [0.15, 0.2) is 52.9 Å². The van der Waals surface area contributed by atoms with Gasteiger partial charge in [0, 0.05) is 30.6 Å². The topological polar surface area (TPSA) is 54.7 Å². The summed E-state index contributed by atoms with van der Waals surface area (Å²) >= 11 is 6.19. The van der Waals surface area contributed by atoms with Crippen molar-refractivity contribution >= 4 is 40.9 Å². The van der Waals surface area contributed by atoms with Crippen LogP contribution in [0.4, 0.5) is 0 Å². The summed E-state index contributed by atoms with van der Waals surface area (Å²) in [7, 11) is 1.83. The second-order valence-corrected chi connectivity index (χ2v) is 7.09. The largest absolute Gasteiger partial charge is 0.487 e. The Morgan fingerprint density at radius 2 is 2.00 bits per heavy atom. The lowest BCUT2D eigenvalue weighted by Gasteiger charge is -2.23. The molecule has 2 aromatic carbocycles. The van der Waals surface area contributed by atoms with Crippen molar-refractivity contribution in [2.45, 2.75) is 19.1 Å².